The van der Waals surface area contributed by atoms with E-state index in [1.807, 2.05) is 24.3 Å². The molecule has 0 spiro atoms. The van der Waals surface area contributed by atoms with Crippen molar-refractivity contribution in [2.75, 3.05) is 0 Å². The molecule has 0 bridgehead atoms. The summed E-state index contributed by atoms with van der Waals surface area (Å²) in [6, 6.07) is 12.2. The van der Waals surface area contributed by atoms with E-state index in [2.05, 4.69) is 21.4 Å². The number of nitrogens with two attached hydrogens (primary N) is 1. The van der Waals surface area contributed by atoms with Crippen LogP contribution in [-0.4, -0.2) is 6.10 Å². The van der Waals surface area contributed by atoms with Crippen LogP contribution in [0.3, 0.4) is 0 Å². The van der Waals surface area contributed by atoms with Gasteiger partial charge in [-0.2, -0.15) is 0 Å². The van der Waals surface area contributed by atoms with Crippen molar-refractivity contribution in [3.63, 3.8) is 0 Å². The van der Waals surface area contributed by atoms with E-state index in [-0.39, 0.29) is 11.9 Å². The summed E-state index contributed by atoms with van der Waals surface area (Å²) in [5.41, 5.74) is 4.65. The second-order valence-corrected chi connectivity index (χ2v) is 6.01. The van der Waals surface area contributed by atoms with Crippen LogP contribution in [0.2, 0.25) is 0 Å². The van der Waals surface area contributed by atoms with Crippen LogP contribution >= 0.6 is 15.9 Å². The highest BCUT2D eigenvalue weighted by Gasteiger charge is 2.23. The molecule has 2 aromatic carbocycles. The van der Waals surface area contributed by atoms with Crippen LogP contribution in [0.4, 0.5) is 4.39 Å². The summed E-state index contributed by atoms with van der Waals surface area (Å²) >= 11 is 3.38. The van der Waals surface area contributed by atoms with Crippen molar-refractivity contribution in [2.45, 2.75) is 25.0 Å². The molecule has 0 radical (unpaired) electrons. The van der Waals surface area contributed by atoms with Crippen LogP contribution in [0, 0.1) is 5.82 Å². The van der Waals surface area contributed by atoms with E-state index in [4.69, 9.17) is 10.6 Å². The molecule has 1 aliphatic carbocycles. The van der Waals surface area contributed by atoms with Gasteiger partial charge in [-0.1, -0.05) is 34.1 Å². The molecule has 0 aromatic heterocycles. The third-order valence-electron chi connectivity index (χ3n) is 3.48. The highest BCUT2D eigenvalue weighted by Crippen LogP contribution is 2.31. The molecule has 3 rings (SSSR count). The minimum absolute atomic E-state index is 0.213. The first kappa shape index (κ1) is 14.5. The van der Waals surface area contributed by atoms with Gasteiger partial charge in [0.15, 0.2) is 0 Å². The molecule has 1 saturated carbocycles. The fraction of sp³-hybridized carbons (Fsp3) is 0.250. The zero-order valence-corrected chi connectivity index (χ0v) is 12.9. The minimum atomic E-state index is -0.283. The third kappa shape index (κ3) is 3.43. The predicted octanol–water partition coefficient (Wildman–Crippen LogP) is 3.68. The number of ether oxygens (including phenoxy) is 1. The van der Waals surface area contributed by atoms with Gasteiger partial charge in [0.25, 0.3) is 0 Å². The molecule has 0 aliphatic heterocycles. The summed E-state index contributed by atoms with van der Waals surface area (Å²) in [7, 11) is 0. The number of halogens is 2. The van der Waals surface area contributed by atoms with E-state index in [9.17, 15) is 4.39 Å². The molecule has 1 aliphatic rings. The highest BCUT2D eigenvalue weighted by molar-refractivity contribution is 9.10. The lowest BCUT2D eigenvalue weighted by Crippen LogP contribution is -2.29. The van der Waals surface area contributed by atoms with Crippen molar-refractivity contribution < 1.29 is 9.13 Å². The van der Waals surface area contributed by atoms with Gasteiger partial charge in [-0.15, -0.1) is 0 Å². The number of benzene rings is 2. The van der Waals surface area contributed by atoms with Crippen LogP contribution in [0.15, 0.2) is 46.9 Å². The molecule has 1 unspecified atom stereocenters. The smallest absolute Gasteiger partial charge is 0.124 e. The molecule has 0 heterocycles. The number of rotatable bonds is 5. The fourth-order valence-electron chi connectivity index (χ4n) is 2.22. The van der Waals surface area contributed by atoms with Crippen LogP contribution < -0.4 is 16.0 Å². The Balaban J connectivity index is 1.84. The van der Waals surface area contributed by atoms with Crippen molar-refractivity contribution in [1.29, 1.82) is 0 Å². The SMILES string of the molecule is NNC(c1ccc(OC2CC2)cc1)c1ccc(F)cc1Br. The van der Waals surface area contributed by atoms with Crippen molar-refractivity contribution in [3.8, 4) is 5.75 Å². The molecule has 21 heavy (non-hydrogen) atoms. The summed E-state index contributed by atoms with van der Waals surface area (Å²) in [6.07, 6.45) is 2.65. The Hall–Kier alpha value is -1.43. The first-order chi connectivity index (χ1) is 10.2. The standard InChI is InChI=1S/C16H16BrFN2O/c17-15-9-11(18)3-8-14(15)16(20-19)10-1-4-12(5-2-10)21-13-6-7-13/h1-5,8-9,13,16,20H,6-7,19H2. The molecule has 3 N–H and O–H groups in total. The van der Waals surface area contributed by atoms with Crippen LogP contribution in [0.5, 0.6) is 5.75 Å². The number of nitrogens with one attached hydrogen (secondary N) is 1. The Morgan fingerprint density at radius 3 is 2.48 bits per heavy atom. The maximum atomic E-state index is 13.2. The number of hydrogen-bond acceptors (Lipinski definition) is 3. The van der Waals surface area contributed by atoms with Crippen molar-refractivity contribution in [3.05, 3.63) is 63.9 Å². The molecule has 0 amide bonds. The maximum Gasteiger partial charge on any atom is 0.124 e. The molecule has 5 heteroatoms. The monoisotopic (exact) mass is 350 g/mol. The molecule has 0 saturated heterocycles. The largest absolute Gasteiger partial charge is 0.490 e. The summed E-state index contributed by atoms with van der Waals surface area (Å²) < 4.78 is 19.6. The topological polar surface area (TPSA) is 47.3 Å². The van der Waals surface area contributed by atoms with Gasteiger partial charge in [-0.05, 0) is 48.2 Å². The Labute approximate surface area is 131 Å². The molecule has 110 valence electrons. The quantitative estimate of drug-likeness (QED) is 0.638. The second kappa shape index (κ2) is 6.13. The summed E-state index contributed by atoms with van der Waals surface area (Å²) in [4.78, 5) is 0. The Morgan fingerprint density at radius 1 is 1.19 bits per heavy atom. The van der Waals surface area contributed by atoms with E-state index in [0.717, 1.165) is 29.7 Å². The van der Waals surface area contributed by atoms with Gasteiger partial charge in [0.05, 0.1) is 12.1 Å². The molecular formula is C16H16BrFN2O. The molecule has 3 nitrogen and oxygen atoms in total. The first-order valence-electron chi connectivity index (χ1n) is 6.85. The number of hydrazine groups is 1. The van der Waals surface area contributed by atoms with Gasteiger partial charge in [-0.3, -0.25) is 5.84 Å². The van der Waals surface area contributed by atoms with Gasteiger partial charge in [-0.25, -0.2) is 9.82 Å². The molecule has 1 fully saturated rings. The number of hydrogen-bond donors (Lipinski definition) is 2. The van der Waals surface area contributed by atoms with Gasteiger partial charge < -0.3 is 4.74 Å². The summed E-state index contributed by atoms with van der Waals surface area (Å²) in [5.74, 6) is 6.26. The molecular weight excluding hydrogens is 335 g/mol. The van der Waals surface area contributed by atoms with E-state index >= 15 is 0 Å². The predicted molar refractivity (Wildman–Crippen MR) is 83.4 cm³/mol. The third-order valence-corrected chi connectivity index (χ3v) is 4.17. The van der Waals surface area contributed by atoms with E-state index in [0.29, 0.717) is 10.6 Å². The lowest BCUT2D eigenvalue weighted by Gasteiger charge is -2.19. The van der Waals surface area contributed by atoms with Crippen molar-refractivity contribution >= 4 is 15.9 Å². The van der Waals surface area contributed by atoms with E-state index < -0.39 is 0 Å². The average Bonchev–Trinajstić information content (AvgIpc) is 3.27. The lowest BCUT2D eigenvalue weighted by molar-refractivity contribution is 0.303. The second-order valence-electron chi connectivity index (χ2n) is 5.15. The maximum absolute atomic E-state index is 13.2. The summed E-state index contributed by atoms with van der Waals surface area (Å²) in [6.45, 7) is 0. The Kier molecular flexibility index (Phi) is 4.24. The van der Waals surface area contributed by atoms with Crippen molar-refractivity contribution in [2.24, 2.45) is 5.84 Å². The Morgan fingerprint density at radius 2 is 1.90 bits per heavy atom. The van der Waals surface area contributed by atoms with E-state index in [1.165, 1.54) is 12.1 Å². The minimum Gasteiger partial charge on any atom is -0.490 e. The average molecular weight is 351 g/mol. The van der Waals surface area contributed by atoms with Crippen LogP contribution in [-0.2, 0) is 0 Å². The van der Waals surface area contributed by atoms with Crippen LogP contribution in [0.1, 0.15) is 30.0 Å². The zero-order valence-electron chi connectivity index (χ0n) is 11.4. The van der Waals surface area contributed by atoms with Gasteiger partial charge in [0.2, 0.25) is 0 Å². The van der Waals surface area contributed by atoms with Gasteiger partial charge in [0.1, 0.15) is 11.6 Å². The van der Waals surface area contributed by atoms with Gasteiger partial charge in [0, 0.05) is 4.47 Å². The molecule has 1 atom stereocenters. The highest BCUT2D eigenvalue weighted by atomic mass is 79.9. The Bertz CT molecular complexity index is 629. The van der Waals surface area contributed by atoms with E-state index in [1.54, 1.807) is 6.07 Å². The zero-order chi connectivity index (χ0) is 14.8. The lowest BCUT2D eigenvalue weighted by atomic mass is 9.99. The molecule has 2 aromatic rings. The van der Waals surface area contributed by atoms with Crippen LogP contribution in [0.25, 0.3) is 0 Å². The normalized spacial score (nSPS) is 15.8. The van der Waals surface area contributed by atoms with Gasteiger partial charge >= 0.3 is 0 Å². The summed E-state index contributed by atoms with van der Waals surface area (Å²) in [5, 5.41) is 0. The first-order valence-corrected chi connectivity index (χ1v) is 7.64. The van der Waals surface area contributed by atoms with Crippen molar-refractivity contribution in [1.82, 2.24) is 5.43 Å². The fourth-order valence-corrected chi connectivity index (χ4v) is 2.80.